The van der Waals surface area contributed by atoms with E-state index in [4.69, 9.17) is 21.1 Å². The van der Waals surface area contributed by atoms with Crippen molar-refractivity contribution in [1.29, 1.82) is 0 Å². The number of halogens is 1. The molecular formula is C26H33ClN2O4. The van der Waals surface area contributed by atoms with Crippen LogP contribution in [0.4, 0.5) is 0 Å². The Balaban J connectivity index is 1.13. The number of likely N-dealkylation sites (tertiary alicyclic amines) is 1. The molecule has 1 unspecified atom stereocenters. The van der Waals surface area contributed by atoms with E-state index in [1.807, 2.05) is 17.0 Å². The van der Waals surface area contributed by atoms with Crippen molar-refractivity contribution in [2.24, 2.45) is 23.2 Å². The van der Waals surface area contributed by atoms with E-state index in [1.54, 1.807) is 0 Å². The predicted molar refractivity (Wildman–Crippen MR) is 124 cm³/mol. The molecular weight excluding hydrogens is 440 g/mol. The number of fused-ring (bicyclic) bond motifs is 1. The van der Waals surface area contributed by atoms with Gasteiger partial charge in [-0.15, -0.1) is 0 Å². The number of rotatable bonds is 4. The molecule has 1 atom stereocenters. The summed E-state index contributed by atoms with van der Waals surface area (Å²) in [6.45, 7) is 2.22. The SMILES string of the molecule is O=C(NCc1cc(Cl)c2c(c1)OCCCO2)C1CCCN1C(=O)C12CC3CC(CC(C3)C1)C2. The van der Waals surface area contributed by atoms with Gasteiger partial charge < -0.3 is 19.7 Å². The minimum absolute atomic E-state index is 0.0613. The molecule has 4 aliphatic carbocycles. The van der Waals surface area contributed by atoms with E-state index in [-0.39, 0.29) is 23.3 Å². The van der Waals surface area contributed by atoms with Gasteiger partial charge in [-0.25, -0.2) is 0 Å². The second-order valence-corrected chi connectivity index (χ2v) is 11.4. The number of benzene rings is 1. The molecule has 2 aliphatic heterocycles. The van der Waals surface area contributed by atoms with Gasteiger partial charge in [0.2, 0.25) is 11.8 Å². The summed E-state index contributed by atoms with van der Waals surface area (Å²) in [5.41, 5.74) is 0.675. The molecule has 0 radical (unpaired) electrons. The highest BCUT2D eigenvalue weighted by molar-refractivity contribution is 6.32. The smallest absolute Gasteiger partial charge is 0.243 e. The molecule has 0 aromatic heterocycles. The summed E-state index contributed by atoms with van der Waals surface area (Å²) in [5.74, 6) is 3.57. The van der Waals surface area contributed by atoms with E-state index in [0.717, 1.165) is 61.8 Å². The summed E-state index contributed by atoms with van der Waals surface area (Å²) < 4.78 is 11.5. The van der Waals surface area contributed by atoms with Gasteiger partial charge in [0.15, 0.2) is 11.5 Å². The van der Waals surface area contributed by atoms with Crippen molar-refractivity contribution in [1.82, 2.24) is 10.2 Å². The number of ether oxygens (including phenoxy) is 2. The van der Waals surface area contributed by atoms with Crippen LogP contribution in [-0.2, 0) is 16.1 Å². The lowest BCUT2D eigenvalue weighted by Crippen LogP contribution is -2.57. The van der Waals surface area contributed by atoms with Crippen molar-refractivity contribution < 1.29 is 19.1 Å². The minimum atomic E-state index is -0.360. The topological polar surface area (TPSA) is 67.9 Å². The predicted octanol–water partition coefficient (Wildman–Crippen LogP) is 4.32. The lowest BCUT2D eigenvalue weighted by molar-refractivity contribution is -0.160. The van der Waals surface area contributed by atoms with Gasteiger partial charge in [-0.2, -0.15) is 0 Å². The van der Waals surface area contributed by atoms with Crippen molar-refractivity contribution in [2.75, 3.05) is 19.8 Å². The Labute approximate surface area is 200 Å². The van der Waals surface area contributed by atoms with Crippen LogP contribution in [0.3, 0.4) is 0 Å². The maximum atomic E-state index is 13.8. The van der Waals surface area contributed by atoms with Crippen molar-refractivity contribution in [3.63, 3.8) is 0 Å². The highest BCUT2D eigenvalue weighted by atomic mass is 35.5. The molecule has 5 fully saturated rings. The largest absolute Gasteiger partial charge is 0.489 e. The molecule has 1 saturated heterocycles. The summed E-state index contributed by atoms with van der Waals surface area (Å²) in [6, 6.07) is 3.35. The summed E-state index contributed by atoms with van der Waals surface area (Å²) in [5, 5.41) is 3.56. The monoisotopic (exact) mass is 472 g/mol. The Morgan fingerprint density at radius 1 is 1.03 bits per heavy atom. The van der Waals surface area contributed by atoms with Gasteiger partial charge >= 0.3 is 0 Å². The number of nitrogens with zero attached hydrogens (tertiary/aromatic N) is 1. The van der Waals surface area contributed by atoms with Crippen LogP contribution in [0.15, 0.2) is 12.1 Å². The second-order valence-electron chi connectivity index (χ2n) is 11.0. The Kier molecular flexibility index (Phi) is 5.47. The summed E-state index contributed by atoms with van der Waals surface area (Å²) in [7, 11) is 0. The fourth-order valence-electron chi connectivity index (χ4n) is 7.65. The maximum absolute atomic E-state index is 13.8. The quantitative estimate of drug-likeness (QED) is 0.708. The molecule has 4 bridgehead atoms. The molecule has 1 N–H and O–H groups in total. The van der Waals surface area contributed by atoms with Gasteiger partial charge in [-0.3, -0.25) is 9.59 Å². The van der Waals surface area contributed by atoms with E-state index in [1.165, 1.54) is 19.3 Å². The van der Waals surface area contributed by atoms with Gasteiger partial charge in [0.1, 0.15) is 6.04 Å². The van der Waals surface area contributed by atoms with Crippen LogP contribution in [0, 0.1) is 23.2 Å². The first-order valence-corrected chi connectivity index (χ1v) is 13.1. The average Bonchev–Trinajstić information content (AvgIpc) is 3.14. The number of carbonyl (C=O) groups is 2. The molecule has 6 aliphatic rings. The molecule has 1 aromatic carbocycles. The van der Waals surface area contributed by atoms with E-state index in [0.29, 0.717) is 42.8 Å². The van der Waals surface area contributed by atoms with Crippen molar-refractivity contribution in [3.05, 3.63) is 22.7 Å². The Hall–Kier alpha value is -1.95. The summed E-state index contributed by atoms with van der Waals surface area (Å²) in [4.78, 5) is 28.9. The first-order chi connectivity index (χ1) is 16.0. The third-order valence-corrected chi connectivity index (χ3v) is 8.92. The summed E-state index contributed by atoms with van der Waals surface area (Å²) in [6.07, 6.45) is 9.51. The van der Waals surface area contributed by atoms with E-state index < -0.39 is 0 Å². The Morgan fingerprint density at radius 3 is 2.45 bits per heavy atom. The van der Waals surface area contributed by atoms with Crippen LogP contribution < -0.4 is 14.8 Å². The van der Waals surface area contributed by atoms with Crippen LogP contribution in [0.1, 0.15) is 63.4 Å². The van der Waals surface area contributed by atoms with E-state index >= 15 is 0 Å². The molecule has 7 heteroatoms. The number of amides is 2. The maximum Gasteiger partial charge on any atom is 0.243 e. The highest BCUT2D eigenvalue weighted by Gasteiger charge is 2.56. The van der Waals surface area contributed by atoms with Crippen LogP contribution >= 0.6 is 11.6 Å². The number of hydrogen-bond acceptors (Lipinski definition) is 4. The minimum Gasteiger partial charge on any atom is -0.489 e. The molecule has 33 heavy (non-hydrogen) atoms. The third-order valence-electron chi connectivity index (χ3n) is 8.64. The Bertz CT molecular complexity index is 929. The highest BCUT2D eigenvalue weighted by Crippen LogP contribution is 2.60. The normalized spacial score (nSPS) is 34.3. The van der Waals surface area contributed by atoms with Crippen LogP contribution in [0.5, 0.6) is 11.5 Å². The van der Waals surface area contributed by atoms with Gasteiger partial charge in [-0.1, -0.05) is 11.6 Å². The van der Waals surface area contributed by atoms with E-state index in [2.05, 4.69) is 5.32 Å². The number of hydrogen-bond donors (Lipinski definition) is 1. The molecule has 7 rings (SSSR count). The third kappa shape index (κ3) is 3.88. The fourth-order valence-corrected chi connectivity index (χ4v) is 7.94. The van der Waals surface area contributed by atoms with Crippen LogP contribution in [0.25, 0.3) is 0 Å². The van der Waals surface area contributed by atoms with Gasteiger partial charge in [-0.05, 0) is 86.8 Å². The second kappa shape index (κ2) is 8.37. The van der Waals surface area contributed by atoms with E-state index in [9.17, 15) is 9.59 Å². The molecule has 2 amide bonds. The van der Waals surface area contributed by atoms with Gasteiger partial charge in [0.05, 0.1) is 23.7 Å². The molecule has 2 heterocycles. The zero-order valence-corrected chi connectivity index (χ0v) is 19.9. The molecule has 178 valence electrons. The average molecular weight is 473 g/mol. The van der Waals surface area contributed by atoms with Gasteiger partial charge in [0.25, 0.3) is 0 Å². The molecule has 0 spiro atoms. The number of nitrogens with one attached hydrogen (secondary N) is 1. The van der Waals surface area contributed by atoms with Crippen LogP contribution in [0.2, 0.25) is 5.02 Å². The zero-order chi connectivity index (χ0) is 22.6. The van der Waals surface area contributed by atoms with Gasteiger partial charge in [0, 0.05) is 19.5 Å². The lowest BCUT2D eigenvalue weighted by Gasteiger charge is -2.56. The van der Waals surface area contributed by atoms with Crippen LogP contribution in [-0.4, -0.2) is 42.5 Å². The molecule has 4 saturated carbocycles. The van der Waals surface area contributed by atoms with Crippen molar-refractivity contribution in [2.45, 2.75) is 70.4 Å². The fraction of sp³-hybridized carbons (Fsp3) is 0.692. The van der Waals surface area contributed by atoms with Crippen molar-refractivity contribution >= 4 is 23.4 Å². The lowest BCUT2D eigenvalue weighted by atomic mass is 9.49. The molecule has 6 nitrogen and oxygen atoms in total. The Morgan fingerprint density at radius 2 is 1.73 bits per heavy atom. The number of carbonyl (C=O) groups excluding carboxylic acids is 2. The summed E-state index contributed by atoms with van der Waals surface area (Å²) >= 11 is 6.41. The standard InChI is InChI=1S/C26H33ClN2O4/c27-20-10-19(11-22-23(20)33-6-2-5-32-22)15-28-24(30)21-3-1-4-29(21)25(31)26-12-16-7-17(13-26)9-18(8-16)14-26/h10-11,16-18,21H,1-9,12-15H2,(H,28,30). The first-order valence-electron chi connectivity index (χ1n) is 12.7. The molecule has 1 aromatic rings. The first kappa shape index (κ1) is 21.6. The zero-order valence-electron chi connectivity index (χ0n) is 19.1. The van der Waals surface area contributed by atoms with Crippen molar-refractivity contribution in [3.8, 4) is 11.5 Å².